The van der Waals surface area contributed by atoms with Gasteiger partial charge in [0.05, 0.1) is 19.8 Å². The smallest absolute Gasteiger partial charge is 0.341 e. The SMILES string of the molecule is C=CC(=O)O.C=CC(=O)O.C=CC(=O)OC(=O)C(C)=CCCC(CO)(CO)CO. The Bertz CT molecular complexity index is 574. The standard InChI is InChI=1S/C13H20O6.2C3H4O2/c1-3-11(17)19-12(18)10(2)5-4-6-13(7-14,8-15)9-16;2*1-2-3(4)5/h3,5,14-16H,1,4,6-9H2,2H3;2*2H,1H2,(H,4,5). The summed E-state index contributed by atoms with van der Waals surface area (Å²) in [6.07, 6.45) is 4.73. The van der Waals surface area contributed by atoms with Gasteiger partial charge in [-0.05, 0) is 19.8 Å². The van der Waals surface area contributed by atoms with Gasteiger partial charge in [-0.15, -0.1) is 0 Å². The van der Waals surface area contributed by atoms with E-state index in [1.54, 1.807) is 0 Å². The number of ether oxygens (including phenoxy) is 1. The van der Waals surface area contributed by atoms with E-state index >= 15 is 0 Å². The second-order valence-electron chi connectivity index (χ2n) is 5.40. The van der Waals surface area contributed by atoms with Gasteiger partial charge >= 0.3 is 23.9 Å². The molecule has 29 heavy (non-hydrogen) atoms. The van der Waals surface area contributed by atoms with Crippen molar-refractivity contribution in [2.24, 2.45) is 5.41 Å². The van der Waals surface area contributed by atoms with Crippen LogP contribution >= 0.6 is 0 Å². The number of rotatable bonds is 10. The monoisotopic (exact) mass is 416 g/mol. The number of carbonyl (C=O) groups excluding carboxylic acids is 2. The summed E-state index contributed by atoms with van der Waals surface area (Å²) in [7, 11) is 0. The maximum Gasteiger partial charge on any atom is 0.341 e. The number of carboxylic acid groups (broad SMARTS) is 2. The Labute approximate surface area is 168 Å². The third-order valence-corrected chi connectivity index (χ3v) is 3.16. The number of hydrogen-bond donors (Lipinski definition) is 5. The molecular weight excluding hydrogens is 388 g/mol. The highest BCUT2D eigenvalue weighted by Crippen LogP contribution is 2.22. The first-order valence-corrected chi connectivity index (χ1v) is 8.07. The van der Waals surface area contributed by atoms with Gasteiger partial charge in [0.1, 0.15) is 0 Å². The number of hydrogen-bond acceptors (Lipinski definition) is 8. The van der Waals surface area contributed by atoms with Crippen molar-refractivity contribution in [3.63, 3.8) is 0 Å². The quantitative estimate of drug-likeness (QED) is 0.191. The van der Waals surface area contributed by atoms with Crippen LogP contribution in [0.15, 0.2) is 49.6 Å². The molecule has 0 saturated heterocycles. The van der Waals surface area contributed by atoms with Gasteiger partial charge in [0.2, 0.25) is 0 Å². The van der Waals surface area contributed by atoms with Gasteiger partial charge in [-0.2, -0.15) is 0 Å². The summed E-state index contributed by atoms with van der Waals surface area (Å²) in [6.45, 7) is 9.51. The maximum absolute atomic E-state index is 11.4. The number of esters is 2. The molecule has 0 rings (SSSR count). The van der Waals surface area contributed by atoms with Crippen LogP contribution in [0.2, 0.25) is 0 Å². The van der Waals surface area contributed by atoms with Gasteiger partial charge in [0.15, 0.2) is 0 Å². The minimum Gasteiger partial charge on any atom is -0.478 e. The van der Waals surface area contributed by atoms with E-state index in [-0.39, 0.29) is 25.4 Å². The Balaban J connectivity index is -0.000000555. The first-order chi connectivity index (χ1) is 13.5. The molecule has 0 bridgehead atoms. The van der Waals surface area contributed by atoms with E-state index < -0.39 is 29.3 Å². The van der Waals surface area contributed by atoms with Crippen molar-refractivity contribution in [3.8, 4) is 0 Å². The van der Waals surface area contributed by atoms with Crippen LogP contribution in [0.3, 0.4) is 0 Å². The molecule has 0 aliphatic rings. The molecule has 0 unspecified atom stereocenters. The van der Waals surface area contributed by atoms with Gasteiger partial charge in [-0.1, -0.05) is 25.8 Å². The summed E-state index contributed by atoms with van der Waals surface area (Å²) in [4.78, 5) is 40.7. The Morgan fingerprint density at radius 1 is 0.862 bits per heavy atom. The van der Waals surface area contributed by atoms with E-state index in [1.807, 2.05) is 0 Å². The molecule has 0 aliphatic heterocycles. The van der Waals surface area contributed by atoms with Crippen LogP contribution in [0.25, 0.3) is 0 Å². The lowest BCUT2D eigenvalue weighted by Gasteiger charge is -2.26. The van der Waals surface area contributed by atoms with E-state index in [0.717, 1.165) is 18.2 Å². The van der Waals surface area contributed by atoms with Crippen LogP contribution < -0.4 is 0 Å². The lowest BCUT2D eigenvalue weighted by Crippen LogP contribution is -2.33. The van der Waals surface area contributed by atoms with Crippen molar-refractivity contribution in [2.75, 3.05) is 19.8 Å². The summed E-state index contributed by atoms with van der Waals surface area (Å²) in [5.41, 5.74) is -0.740. The van der Waals surface area contributed by atoms with Crippen molar-refractivity contribution in [2.45, 2.75) is 19.8 Å². The molecule has 164 valence electrons. The molecule has 0 heterocycles. The van der Waals surface area contributed by atoms with Crippen LogP contribution in [-0.2, 0) is 23.9 Å². The van der Waals surface area contributed by atoms with E-state index in [2.05, 4.69) is 24.5 Å². The van der Waals surface area contributed by atoms with Crippen LogP contribution in [0.1, 0.15) is 19.8 Å². The van der Waals surface area contributed by atoms with E-state index in [4.69, 9.17) is 25.5 Å². The van der Waals surface area contributed by atoms with Gasteiger partial charge in [0.25, 0.3) is 0 Å². The van der Waals surface area contributed by atoms with Crippen molar-refractivity contribution < 1.29 is 49.4 Å². The summed E-state index contributed by atoms with van der Waals surface area (Å²) in [5, 5.41) is 42.5. The zero-order valence-electron chi connectivity index (χ0n) is 16.2. The van der Waals surface area contributed by atoms with Crippen LogP contribution in [0, 0.1) is 5.41 Å². The highest BCUT2D eigenvalue weighted by atomic mass is 16.6. The second-order valence-corrected chi connectivity index (χ2v) is 5.40. The number of aliphatic hydroxyl groups excluding tert-OH is 3. The number of aliphatic carboxylic acids is 2. The first-order valence-electron chi connectivity index (χ1n) is 8.07. The predicted molar refractivity (Wildman–Crippen MR) is 104 cm³/mol. The molecule has 10 nitrogen and oxygen atoms in total. The average Bonchev–Trinajstić information content (AvgIpc) is 2.71. The molecule has 0 radical (unpaired) electrons. The molecule has 0 aromatic heterocycles. The lowest BCUT2D eigenvalue weighted by molar-refractivity contribution is -0.153. The number of allylic oxidation sites excluding steroid dienone is 1. The van der Waals surface area contributed by atoms with E-state index in [0.29, 0.717) is 12.8 Å². The second kappa shape index (κ2) is 18.3. The van der Waals surface area contributed by atoms with Crippen LogP contribution in [-0.4, -0.2) is 69.2 Å². The van der Waals surface area contributed by atoms with Crippen LogP contribution in [0.5, 0.6) is 0 Å². The summed E-state index contributed by atoms with van der Waals surface area (Å²) < 4.78 is 4.41. The predicted octanol–water partition coefficient (Wildman–Crippen LogP) is 0.446. The van der Waals surface area contributed by atoms with Crippen molar-refractivity contribution in [1.82, 2.24) is 0 Å². The summed E-state index contributed by atoms with van der Waals surface area (Å²) in [5.74, 6) is -3.56. The van der Waals surface area contributed by atoms with Gasteiger partial charge in [-0.25, -0.2) is 19.2 Å². The fourth-order valence-corrected chi connectivity index (χ4v) is 1.28. The van der Waals surface area contributed by atoms with E-state index in [9.17, 15) is 19.2 Å². The van der Waals surface area contributed by atoms with Crippen molar-refractivity contribution in [3.05, 3.63) is 49.6 Å². The minimum absolute atomic E-state index is 0.234. The molecule has 5 N–H and O–H groups in total. The van der Waals surface area contributed by atoms with E-state index in [1.165, 1.54) is 13.0 Å². The Hall–Kier alpha value is -3.08. The molecule has 0 fully saturated rings. The molecule has 0 aromatic carbocycles. The largest absolute Gasteiger partial charge is 0.478 e. The Morgan fingerprint density at radius 2 is 1.24 bits per heavy atom. The summed E-state index contributed by atoms with van der Waals surface area (Å²) in [6, 6.07) is 0. The minimum atomic E-state index is -0.981. The number of carbonyl (C=O) groups is 4. The molecule has 0 saturated carbocycles. The zero-order chi connectivity index (χ0) is 23.5. The molecule has 0 amide bonds. The molecule has 0 spiro atoms. The topological polar surface area (TPSA) is 179 Å². The average molecular weight is 416 g/mol. The fourth-order valence-electron chi connectivity index (χ4n) is 1.28. The molecule has 10 heteroatoms. The Kier molecular flexibility index (Phi) is 19.3. The fraction of sp³-hybridized carbons (Fsp3) is 0.368. The lowest BCUT2D eigenvalue weighted by atomic mass is 9.85. The van der Waals surface area contributed by atoms with Gasteiger partial charge in [-0.3, -0.25) is 0 Å². The van der Waals surface area contributed by atoms with Crippen molar-refractivity contribution >= 4 is 23.9 Å². The first kappa shape index (κ1) is 30.6. The molecular formula is C19H28O10. The Morgan fingerprint density at radius 3 is 1.52 bits per heavy atom. The van der Waals surface area contributed by atoms with Gasteiger partial charge < -0.3 is 30.3 Å². The molecule has 0 aliphatic carbocycles. The highest BCUT2D eigenvalue weighted by Gasteiger charge is 2.27. The third kappa shape index (κ3) is 18.1. The number of carboxylic acids is 2. The zero-order valence-corrected chi connectivity index (χ0v) is 16.2. The van der Waals surface area contributed by atoms with Gasteiger partial charge in [0, 0.05) is 29.2 Å². The third-order valence-electron chi connectivity index (χ3n) is 3.16. The maximum atomic E-state index is 11.4. The number of aliphatic hydroxyl groups is 3. The van der Waals surface area contributed by atoms with Crippen LogP contribution in [0.4, 0.5) is 0 Å². The molecule has 0 atom stereocenters. The normalized spacial score (nSPS) is 10.1. The van der Waals surface area contributed by atoms with Crippen molar-refractivity contribution in [1.29, 1.82) is 0 Å². The molecule has 0 aromatic rings. The summed E-state index contributed by atoms with van der Waals surface area (Å²) >= 11 is 0. The highest BCUT2D eigenvalue weighted by molar-refractivity contribution is 5.98.